The molecule has 0 saturated carbocycles. The first-order valence-corrected chi connectivity index (χ1v) is 14.6. The molecular formula is C35H43ClF2K3N4OS-5. The molecule has 1 atom stereocenters. The average Bonchev–Trinajstić information content (AvgIpc) is 3.42. The van der Waals surface area contributed by atoms with Gasteiger partial charge in [-0.05, 0) is 30.5 Å². The van der Waals surface area contributed by atoms with E-state index in [1.807, 2.05) is 29.4 Å². The zero-order valence-corrected chi connectivity index (χ0v) is 39.7. The van der Waals surface area contributed by atoms with Crippen LogP contribution < -0.4 is 159 Å². The number of hydrogen-bond donors (Lipinski definition) is 2. The minimum atomic E-state index is -0.294. The number of thioether (sulfide) groups is 1. The van der Waals surface area contributed by atoms with Crippen molar-refractivity contribution in [3.8, 4) is 0 Å². The summed E-state index contributed by atoms with van der Waals surface area (Å²) in [6.45, 7) is 27.0. The Morgan fingerprint density at radius 2 is 1.96 bits per heavy atom. The monoisotopic (exact) mass is 757 g/mol. The van der Waals surface area contributed by atoms with Crippen molar-refractivity contribution < 1.29 is 168 Å². The van der Waals surface area contributed by atoms with Crippen LogP contribution in [0, 0.1) is 64.7 Å². The van der Waals surface area contributed by atoms with Crippen LogP contribution in [0.15, 0.2) is 87.8 Å². The smallest absolute Gasteiger partial charge is 0.526 e. The number of allylic oxidation sites excluding steroid dienone is 5. The molecule has 1 unspecified atom stereocenters. The maximum absolute atomic E-state index is 12.1. The van der Waals surface area contributed by atoms with Crippen LogP contribution in [0.4, 0.5) is 8.78 Å². The van der Waals surface area contributed by atoms with E-state index in [0.29, 0.717) is 37.1 Å². The second kappa shape index (κ2) is 37.3. The van der Waals surface area contributed by atoms with Gasteiger partial charge in [0.1, 0.15) is 11.7 Å². The standard InChI is InChI=1S/C16H18N4OS.C10H14.C6H4ClF.C2H4F.CH3.3K/c1-4-6-22-11(3)16-18-8-13(14(17)5-2)15-7-12(19-10-21)9-20(15)16;1-4-7-8-9-10(5-2)6-3;7-5-2-1-3-6(8)4-5;1-2-3;;;;/h2,4-6,12,17H,3,7-9H2,1H3,(H,19,21);1,4,7-10H,2-3,5-6H2;1-4H;2H,1H3;1H3;;;/q-2;-4;;2*-1;3*+1/b6-4-,17-14?;8-7-;;;;;;. The Balaban J connectivity index is -0.000000198. The molecule has 1 aromatic rings. The van der Waals surface area contributed by atoms with Gasteiger partial charge in [-0.25, -0.2) is 35.1 Å². The van der Waals surface area contributed by atoms with Gasteiger partial charge < -0.3 is 46.1 Å². The van der Waals surface area contributed by atoms with Gasteiger partial charge in [0, 0.05) is 34.6 Å². The Kier molecular flexibility index (Phi) is 45.9. The number of halogens is 3. The van der Waals surface area contributed by atoms with Crippen LogP contribution in [0.5, 0.6) is 0 Å². The van der Waals surface area contributed by atoms with Gasteiger partial charge in [0.2, 0.25) is 0 Å². The summed E-state index contributed by atoms with van der Waals surface area (Å²) in [5.41, 5.74) is 2.04. The second-order valence-corrected chi connectivity index (χ2v) is 10.1. The number of rotatable bonds is 12. The molecule has 0 spiro atoms. The van der Waals surface area contributed by atoms with E-state index in [9.17, 15) is 13.6 Å². The number of amides is 1. The summed E-state index contributed by atoms with van der Waals surface area (Å²) in [6.07, 6.45) is 14.7. The number of nitrogens with zero attached hydrogens (tertiary/aromatic N) is 2. The molecule has 1 fully saturated rings. The number of benzene rings is 1. The third kappa shape index (κ3) is 25.2. The summed E-state index contributed by atoms with van der Waals surface area (Å²) in [6, 6.07) is 5.77. The fourth-order valence-corrected chi connectivity index (χ4v) is 4.37. The minimum Gasteiger partial charge on any atom is -0.526 e. The van der Waals surface area contributed by atoms with Crippen molar-refractivity contribution in [3.63, 3.8) is 0 Å². The molecule has 0 bridgehead atoms. The zero-order chi connectivity index (χ0) is 32.6. The number of carbonyl (C=O) groups excluding carboxylic acids is 1. The molecule has 1 aromatic carbocycles. The Morgan fingerprint density at radius 1 is 1.34 bits per heavy atom. The van der Waals surface area contributed by atoms with Gasteiger partial charge in [-0.3, -0.25) is 18.2 Å². The fourth-order valence-electron chi connectivity index (χ4n) is 3.61. The number of fused-ring (bicyclic) bond motifs is 1. The van der Waals surface area contributed by atoms with Crippen LogP contribution in [-0.2, 0) is 4.79 Å². The fraction of sp³-hybridized carbons (Fsp3) is 0.257. The molecular weight excluding hydrogens is 715 g/mol. The van der Waals surface area contributed by atoms with Crippen molar-refractivity contribution in [3.05, 3.63) is 141 Å². The van der Waals surface area contributed by atoms with Crippen molar-refractivity contribution in [2.24, 2.45) is 10.9 Å². The first-order chi connectivity index (χ1) is 20.7. The Bertz CT molecular complexity index is 1160. The van der Waals surface area contributed by atoms with Gasteiger partial charge in [0.25, 0.3) is 0 Å². The largest absolute Gasteiger partial charge is 1.00 e. The van der Waals surface area contributed by atoms with Gasteiger partial charge in [0.15, 0.2) is 0 Å². The van der Waals surface area contributed by atoms with Crippen LogP contribution in [0.1, 0.15) is 33.1 Å². The molecule has 1 amide bonds. The first-order valence-electron chi connectivity index (χ1n) is 13.4. The van der Waals surface area contributed by atoms with E-state index in [4.69, 9.17) is 30.2 Å². The van der Waals surface area contributed by atoms with E-state index >= 15 is 0 Å². The van der Waals surface area contributed by atoms with Crippen molar-refractivity contribution >= 4 is 41.3 Å². The maximum atomic E-state index is 12.1. The Morgan fingerprint density at radius 3 is 2.40 bits per heavy atom. The normalized spacial score (nSPS) is 13.9. The quantitative estimate of drug-likeness (QED) is 0.104. The van der Waals surface area contributed by atoms with Gasteiger partial charge in [0.05, 0.1) is 6.54 Å². The van der Waals surface area contributed by atoms with Crippen molar-refractivity contribution in [2.45, 2.75) is 39.2 Å². The summed E-state index contributed by atoms with van der Waals surface area (Å²) in [5.74, 6) is 0.996. The molecule has 5 nitrogen and oxygen atoms in total. The summed E-state index contributed by atoms with van der Waals surface area (Å²) >= 11 is 6.91. The van der Waals surface area contributed by atoms with Crippen LogP contribution in [0.3, 0.4) is 0 Å². The van der Waals surface area contributed by atoms with Crippen LogP contribution >= 0.6 is 23.4 Å². The minimum absolute atomic E-state index is 0. The summed E-state index contributed by atoms with van der Waals surface area (Å²) in [4.78, 5) is 18.0. The number of aliphatic imine (C=N–C) groups is 1. The summed E-state index contributed by atoms with van der Waals surface area (Å²) in [5, 5.41) is 13.0. The van der Waals surface area contributed by atoms with Gasteiger partial charge in [-0.2, -0.15) is 32.9 Å². The first kappa shape index (κ1) is 57.9. The van der Waals surface area contributed by atoms with E-state index in [0.717, 1.165) is 34.9 Å². The van der Waals surface area contributed by atoms with E-state index in [-0.39, 0.29) is 179 Å². The second-order valence-electron chi connectivity index (χ2n) is 8.68. The van der Waals surface area contributed by atoms with Gasteiger partial charge >= 0.3 is 154 Å². The van der Waals surface area contributed by atoms with Crippen LogP contribution in [0.2, 0.25) is 5.02 Å². The molecule has 244 valence electrons. The predicted molar refractivity (Wildman–Crippen MR) is 186 cm³/mol. The maximum Gasteiger partial charge on any atom is 1.00 e. The molecule has 0 radical (unpaired) electrons. The van der Waals surface area contributed by atoms with Crippen molar-refractivity contribution in [1.29, 1.82) is 5.41 Å². The molecule has 3 rings (SSSR count). The molecule has 0 aliphatic carbocycles. The third-order valence-electron chi connectivity index (χ3n) is 5.64. The molecule has 0 aromatic heterocycles. The van der Waals surface area contributed by atoms with Crippen molar-refractivity contribution in [1.82, 2.24) is 10.2 Å². The van der Waals surface area contributed by atoms with E-state index in [2.05, 4.69) is 37.2 Å². The van der Waals surface area contributed by atoms with E-state index < -0.39 is 0 Å². The van der Waals surface area contributed by atoms with E-state index in [1.54, 1.807) is 24.6 Å². The van der Waals surface area contributed by atoms with Crippen molar-refractivity contribution in [2.75, 3.05) is 13.1 Å². The molecule has 2 aliphatic heterocycles. The number of hydrogen-bond acceptors (Lipinski definition) is 5. The van der Waals surface area contributed by atoms with Crippen LogP contribution in [0.25, 0.3) is 0 Å². The van der Waals surface area contributed by atoms with E-state index in [1.165, 1.54) is 43.0 Å². The van der Waals surface area contributed by atoms with Gasteiger partial charge in [-0.15, -0.1) is 5.92 Å². The Labute approximate surface area is 420 Å². The van der Waals surface area contributed by atoms with Gasteiger partial charge in [-0.1, -0.05) is 53.4 Å². The number of amidine groups is 1. The zero-order valence-electron chi connectivity index (χ0n) is 28.7. The molecule has 2 N–H and O–H groups in total. The summed E-state index contributed by atoms with van der Waals surface area (Å²) < 4.78 is 22.2. The summed E-state index contributed by atoms with van der Waals surface area (Å²) in [7, 11) is 0. The number of nitrogens with one attached hydrogen (secondary N) is 2. The predicted octanol–water partition coefficient (Wildman–Crippen LogP) is 0.0528. The molecule has 47 heavy (non-hydrogen) atoms. The molecule has 2 aliphatic rings. The van der Waals surface area contributed by atoms with Crippen LogP contribution in [-0.4, -0.2) is 42.0 Å². The SMILES string of the molecule is C[CH-]F.Fc1cccc(Cl)c1.[CH-]=C/C=C\[CH-]C(C[CH2-])C[CH2-].[CH-]=CC(=N)C1=C2CC(N[C-]=O)CN2C(C(=C)S/C=C\C)=NC1.[CH3-].[K+].[K+].[K+]. The average molecular weight is 759 g/mol. The molecule has 12 heteroatoms. The topological polar surface area (TPSA) is 68.6 Å². The third-order valence-corrected chi connectivity index (χ3v) is 6.75. The molecule has 2 heterocycles. The molecule has 1 saturated heterocycles. The Hall–Kier alpha value is 1.55.